The number of hydrogen-bond donors (Lipinski definition) is 0. The molecule has 0 fully saturated rings. The number of pyridine rings is 1. The Hall–Kier alpha value is -3.29. The predicted octanol–water partition coefficient (Wildman–Crippen LogP) is 1.49. The SMILES string of the molecule is Cc1ccc(C(=O)COC(=O)Cn2ccccc2=O)cc1[N+](=O)[O-]. The minimum absolute atomic E-state index is 0.0805. The summed E-state index contributed by atoms with van der Waals surface area (Å²) in [5.74, 6) is -1.31. The topological polar surface area (TPSA) is 109 Å². The predicted molar refractivity (Wildman–Crippen MR) is 83.8 cm³/mol. The molecule has 0 aliphatic rings. The van der Waals surface area contributed by atoms with Gasteiger partial charge in [-0.3, -0.25) is 24.5 Å². The van der Waals surface area contributed by atoms with Gasteiger partial charge < -0.3 is 9.30 Å². The smallest absolute Gasteiger partial charge is 0.326 e. The average molecular weight is 330 g/mol. The van der Waals surface area contributed by atoms with Crippen LogP contribution >= 0.6 is 0 Å². The van der Waals surface area contributed by atoms with E-state index in [1.807, 2.05) is 0 Å². The molecular weight excluding hydrogens is 316 g/mol. The zero-order chi connectivity index (χ0) is 17.7. The number of nitro benzene ring substituents is 1. The van der Waals surface area contributed by atoms with Crippen LogP contribution in [0.5, 0.6) is 0 Å². The maximum Gasteiger partial charge on any atom is 0.326 e. The summed E-state index contributed by atoms with van der Waals surface area (Å²) < 4.78 is 5.97. The molecular formula is C16H14N2O6. The first-order valence-electron chi connectivity index (χ1n) is 6.98. The molecule has 8 heteroatoms. The number of aryl methyl sites for hydroxylation is 1. The van der Waals surface area contributed by atoms with E-state index in [4.69, 9.17) is 4.74 Å². The first kappa shape index (κ1) is 17.1. The molecule has 0 amide bonds. The van der Waals surface area contributed by atoms with Crippen molar-refractivity contribution in [2.75, 3.05) is 6.61 Å². The fraction of sp³-hybridized carbons (Fsp3) is 0.188. The monoisotopic (exact) mass is 330 g/mol. The average Bonchev–Trinajstić information content (AvgIpc) is 2.55. The highest BCUT2D eigenvalue weighted by atomic mass is 16.6. The van der Waals surface area contributed by atoms with E-state index in [1.165, 1.54) is 30.5 Å². The van der Waals surface area contributed by atoms with Crippen LogP contribution in [0.4, 0.5) is 5.69 Å². The highest BCUT2D eigenvalue weighted by molar-refractivity contribution is 5.98. The van der Waals surface area contributed by atoms with E-state index in [0.29, 0.717) is 5.56 Å². The van der Waals surface area contributed by atoms with Gasteiger partial charge in [-0.2, -0.15) is 0 Å². The van der Waals surface area contributed by atoms with Crippen molar-refractivity contribution < 1.29 is 19.2 Å². The van der Waals surface area contributed by atoms with E-state index >= 15 is 0 Å². The van der Waals surface area contributed by atoms with Crippen molar-refractivity contribution in [1.82, 2.24) is 4.57 Å². The standard InChI is InChI=1S/C16H14N2O6/c1-11-5-6-12(8-13(11)18(22)23)14(19)10-24-16(21)9-17-7-3-2-4-15(17)20/h2-8H,9-10H2,1H3. The maximum atomic E-state index is 12.0. The Morgan fingerprint density at radius 1 is 1.25 bits per heavy atom. The Bertz CT molecular complexity index is 856. The molecule has 0 unspecified atom stereocenters. The highest BCUT2D eigenvalue weighted by Gasteiger charge is 2.16. The van der Waals surface area contributed by atoms with Gasteiger partial charge in [-0.25, -0.2) is 0 Å². The fourth-order valence-corrected chi connectivity index (χ4v) is 1.98. The fourth-order valence-electron chi connectivity index (χ4n) is 1.98. The largest absolute Gasteiger partial charge is 0.456 e. The van der Waals surface area contributed by atoms with Crippen molar-refractivity contribution in [2.45, 2.75) is 13.5 Å². The van der Waals surface area contributed by atoms with Gasteiger partial charge in [0, 0.05) is 29.5 Å². The second-order valence-corrected chi connectivity index (χ2v) is 5.01. The number of Topliss-reactive ketones (excluding diaryl/α,β-unsaturated/α-hetero) is 1. The molecule has 0 spiro atoms. The first-order chi connectivity index (χ1) is 11.4. The molecule has 0 saturated heterocycles. The molecule has 1 aromatic carbocycles. The van der Waals surface area contributed by atoms with Crippen LogP contribution in [0.2, 0.25) is 0 Å². The summed E-state index contributed by atoms with van der Waals surface area (Å²) in [5, 5.41) is 10.9. The number of hydrogen-bond acceptors (Lipinski definition) is 6. The van der Waals surface area contributed by atoms with Crippen LogP contribution in [-0.4, -0.2) is 27.8 Å². The Kier molecular flexibility index (Phi) is 5.20. The molecule has 2 rings (SSSR count). The molecule has 1 aromatic heterocycles. The van der Waals surface area contributed by atoms with E-state index in [1.54, 1.807) is 13.0 Å². The minimum Gasteiger partial charge on any atom is -0.456 e. The van der Waals surface area contributed by atoms with E-state index in [0.717, 1.165) is 10.6 Å². The van der Waals surface area contributed by atoms with E-state index in [9.17, 15) is 24.5 Å². The zero-order valence-corrected chi connectivity index (χ0v) is 12.8. The number of rotatable bonds is 6. The first-order valence-corrected chi connectivity index (χ1v) is 6.98. The Morgan fingerprint density at radius 3 is 2.67 bits per heavy atom. The van der Waals surface area contributed by atoms with Crippen molar-refractivity contribution >= 4 is 17.4 Å². The van der Waals surface area contributed by atoms with Crippen molar-refractivity contribution in [3.8, 4) is 0 Å². The summed E-state index contributed by atoms with van der Waals surface area (Å²) in [6, 6.07) is 8.46. The van der Waals surface area contributed by atoms with Crippen LogP contribution in [0.1, 0.15) is 15.9 Å². The summed E-state index contributed by atoms with van der Waals surface area (Å²) in [5.41, 5.74) is -0.0353. The van der Waals surface area contributed by atoms with Gasteiger partial charge in [0.1, 0.15) is 6.54 Å². The van der Waals surface area contributed by atoms with Gasteiger partial charge in [-0.1, -0.05) is 18.2 Å². The van der Waals surface area contributed by atoms with E-state index in [-0.39, 0.29) is 23.4 Å². The lowest BCUT2D eigenvalue weighted by atomic mass is 10.1. The van der Waals surface area contributed by atoms with Crippen molar-refractivity contribution in [1.29, 1.82) is 0 Å². The molecule has 0 aliphatic carbocycles. The van der Waals surface area contributed by atoms with Crippen molar-refractivity contribution in [2.24, 2.45) is 0 Å². The van der Waals surface area contributed by atoms with Gasteiger partial charge in [0.25, 0.3) is 11.2 Å². The molecule has 0 atom stereocenters. The number of ether oxygens (including phenoxy) is 1. The number of aromatic nitrogens is 1. The molecule has 1 heterocycles. The Balaban J connectivity index is 1.99. The summed E-state index contributed by atoms with van der Waals surface area (Å²) in [4.78, 5) is 45.4. The van der Waals surface area contributed by atoms with Gasteiger partial charge in [0.05, 0.1) is 4.92 Å². The molecule has 2 aromatic rings. The molecule has 8 nitrogen and oxygen atoms in total. The Morgan fingerprint density at radius 2 is 2.00 bits per heavy atom. The van der Waals surface area contributed by atoms with E-state index < -0.39 is 23.3 Å². The third-order valence-electron chi connectivity index (χ3n) is 3.29. The molecule has 0 saturated carbocycles. The van der Waals surface area contributed by atoms with Crippen LogP contribution in [0.25, 0.3) is 0 Å². The number of carbonyl (C=O) groups excluding carboxylic acids is 2. The van der Waals surface area contributed by atoms with Gasteiger partial charge in [-0.05, 0) is 13.0 Å². The lowest BCUT2D eigenvalue weighted by Gasteiger charge is -2.06. The van der Waals surface area contributed by atoms with Gasteiger partial charge in [0.15, 0.2) is 6.61 Å². The van der Waals surface area contributed by atoms with Crippen LogP contribution in [0, 0.1) is 17.0 Å². The molecule has 0 N–H and O–H groups in total. The molecule has 24 heavy (non-hydrogen) atoms. The summed E-state index contributed by atoms with van der Waals surface area (Å²) in [6.45, 7) is 0.686. The number of nitrogens with zero attached hydrogens (tertiary/aromatic N) is 2. The lowest BCUT2D eigenvalue weighted by Crippen LogP contribution is -2.25. The third-order valence-corrected chi connectivity index (χ3v) is 3.29. The second kappa shape index (κ2) is 7.32. The van der Waals surface area contributed by atoms with E-state index in [2.05, 4.69) is 0 Å². The van der Waals surface area contributed by atoms with Crippen LogP contribution in [-0.2, 0) is 16.1 Å². The van der Waals surface area contributed by atoms with Crippen molar-refractivity contribution in [3.63, 3.8) is 0 Å². The van der Waals surface area contributed by atoms with Crippen LogP contribution in [0.15, 0.2) is 47.4 Å². The molecule has 124 valence electrons. The Labute approximate surface area is 136 Å². The third kappa shape index (κ3) is 4.13. The van der Waals surface area contributed by atoms with Gasteiger partial charge in [0.2, 0.25) is 5.78 Å². The zero-order valence-electron chi connectivity index (χ0n) is 12.8. The summed E-state index contributed by atoms with van der Waals surface area (Å²) >= 11 is 0. The highest BCUT2D eigenvalue weighted by Crippen LogP contribution is 2.19. The molecule has 0 radical (unpaired) electrons. The minimum atomic E-state index is -0.752. The van der Waals surface area contributed by atoms with Crippen LogP contribution in [0.3, 0.4) is 0 Å². The number of ketones is 1. The van der Waals surface area contributed by atoms with Gasteiger partial charge in [-0.15, -0.1) is 0 Å². The van der Waals surface area contributed by atoms with Gasteiger partial charge >= 0.3 is 5.97 Å². The maximum absolute atomic E-state index is 12.0. The van der Waals surface area contributed by atoms with Crippen LogP contribution < -0.4 is 5.56 Å². The number of nitro groups is 1. The quantitative estimate of drug-likeness (QED) is 0.343. The number of esters is 1. The lowest BCUT2D eigenvalue weighted by molar-refractivity contribution is -0.385. The molecule has 0 bridgehead atoms. The number of benzene rings is 1. The van der Waals surface area contributed by atoms with Crippen molar-refractivity contribution in [3.05, 3.63) is 74.2 Å². The summed E-state index contributed by atoms with van der Waals surface area (Å²) in [6.07, 6.45) is 1.43. The summed E-state index contributed by atoms with van der Waals surface area (Å²) in [7, 11) is 0. The normalized spacial score (nSPS) is 10.2. The number of carbonyl (C=O) groups is 2. The molecule has 0 aliphatic heterocycles. The second-order valence-electron chi connectivity index (χ2n) is 5.01.